The van der Waals surface area contributed by atoms with E-state index in [0.29, 0.717) is 17.6 Å². The highest BCUT2D eigenvalue weighted by Gasteiger charge is 2.29. The van der Waals surface area contributed by atoms with Crippen LogP contribution in [-0.2, 0) is 32.7 Å². The molecular weight excluding hydrogens is 598 g/mol. The van der Waals surface area contributed by atoms with Crippen molar-refractivity contribution in [2.24, 2.45) is 7.05 Å². The smallest absolute Gasteiger partial charge is 0.257 e. The number of aryl methyl sites for hydroxylation is 4. The van der Waals surface area contributed by atoms with E-state index in [1.54, 1.807) is 7.11 Å². The number of anilines is 4. The van der Waals surface area contributed by atoms with Gasteiger partial charge in [0.1, 0.15) is 0 Å². The fourth-order valence-electron chi connectivity index (χ4n) is 8.12. The molecule has 48 heavy (non-hydrogen) atoms. The second-order valence-electron chi connectivity index (χ2n) is 13.5. The van der Waals surface area contributed by atoms with E-state index in [1.807, 2.05) is 25.5 Å². The van der Waals surface area contributed by atoms with Gasteiger partial charge in [-0.25, -0.2) is 9.97 Å². The fourth-order valence-corrected chi connectivity index (χ4v) is 8.12. The summed E-state index contributed by atoms with van der Waals surface area (Å²) < 4.78 is 8.09. The van der Waals surface area contributed by atoms with Crippen molar-refractivity contribution in [1.82, 2.24) is 19.4 Å². The average Bonchev–Trinajstić information content (AvgIpc) is 3.72. The van der Waals surface area contributed by atoms with E-state index in [9.17, 15) is 4.79 Å². The van der Waals surface area contributed by atoms with E-state index in [1.165, 1.54) is 38.8 Å². The average molecular weight is 648 g/mol. The van der Waals surface area contributed by atoms with Gasteiger partial charge in [0.05, 0.1) is 35.4 Å². The number of fused-ring (bicyclic) bond motifs is 3. The molecule has 0 saturated carbocycles. The van der Waals surface area contributed by atoms with E-state index in [0.717, 1.165) is 102 Å². The second-order valence-corrected chi connectivity index (χ2v) is 13.5. The minimum Gasteiger partial charge on any atom is -0.492 e. The van der Waals surface area contributed by atoms with Crippen LogP contribution in [0.4, 0.5) is 23.0 Å². The van der Waals surface area contributed by atoms with Crippen LogP contribution in [0.3, 0.4) is 0 Å². The molecule has 9 nitrogen and oxygen atoms in total. The standard InChI is InChI=1S/C39H49N7O2/c1-5-26-12-9-13-27(6-2)34(26)42-38(47)31-25-44(3)36-30(31)15-10-14-28-24-40-39(43-35(28)36)41-32-16-11-17-33(37(32)48-4)46-22-18-29(19-23-46)45-20-7-8-21-45/h9,11-13,16-17,24-25,29H,5-8,10,14-15,18-23H2,1-4H3,(H,42,47)(H,40,41,43). The van der Waals surface area contributed by atoms with Gasteiger partial charge in [-0.15, -0.1) is 0 Å². The molecule has 4 heterocycles. The molecule has 0 radical (unpaired) electrons. The molecule has 2 aromatic heterocycles. The van der Waals surface area contributed by atoms with Crippen LogP contribution in [-0.4, -0.2) is 64.7 Å². The summed E-state index contributed by atoms with van der Waals surface area (Å²) in [5.41, 5.74) is 9.93. The Morgan fingerprint density at radius 3 is 2.40 bits per heavy atom. The van der Waals surface area contributed by atoms with Crippen LogP contribution in [0.1, 0.15) is 78.6 Å². The molecule has 2 aliphatic heterocycles. The van der Waals surface area contributed by atoms with Crippen LogP contribution in [0, 0.1) is 0 Å². The molecule has 2 fully saturated rings. The lowest BCUT2D eigenvalue weighted by molar-refractivity contribution is 0.102. The Labute approximate surface area is 284 Å². The summed E-state index contributed by atoms with van der Waals surface area (Å²) in [5.74, 6) is 1.26. The van der Waals surface area contributed by atoms with Crippen LogP contribution in [0.25, 0.3) is 11.4 Å². The van der Waals surface area contributed by atoms with Crippen molar-refractivity contribution in [3.8, 4) is 17.1 Å². The predicted molar refractivity (Wildman–Crippen MR) is 194 cm³/mol. The number of amides is 1. The summed E-state index contributed by atoms with van der Waals surface area (Å²) in [4.78, 5) is 28.9. The van der Waals surface area contributed by atoms with Gasteiger partial charge in [-0.05, 0) is 105 Å². The van der Waals surface area contributed by atoms with Gasteiger partial charge in [-0.1, -0.05) is 38.1 Å². The van der Waals surface area contributed by atoms with Gasteiger partial charge in [0.15, 0.2) is 5.75 Å². The molecule has 0 atom stereocenters. The largest absolute Gasteiger partial charge is 0.492 e. The fraction of sp³-hybridized carbons (Fsp3) is 0.462. The summed E-state index contributed by atoms with van der Waals surface area (Å²) in [6.07, 6.45) is 13.2. The third-order valence-corrected chi connectivity index (χ3v) is 10.6. The van der Waals surface area contributed by atoms with E-state index in [2.05, 4.69) is 69.2 Å². The number of benzene rings is 2. The quantitative estimate of drug-likeness (QED) is 0.199. The second kappa shape index (κ2) is 14.0. The van der Waals surface area contributed by atoms with Crippen molar-refractivity contribution < 1.29 is 9.53 Å². The van der Waals surface area contributed by atoms with Gasteiger partial charge >= 0.3 is 0 Å². The molecule has 3 aliphatic rings. The Bertz CT molecular complexity index is 1760. The molecule has 2 saturated heterocycles. The summed E-state index contributed by atoms with van der Waals surface area (Å²) >= 11 is 0. The van der Waals surface area contributed by atoms with Crippen LogP contribution < -0.4 is 20.3 Å². The van der Waals surface area contributed by atoms with Gasteiger partial charge in [0, 0.05) is 44.3 Å². The number of para-hydroxylation sites is 2. The number of ether oxygens (including phenoxy) is 1. The lowest BCUT2D eigenvalue weighted by Gasteiger charge is -2.38. The summed E-state index contributed by atoms with van der Waals surface area (Å²) in [6.45, 7) is 8.80. The molecule has 0 spiro atoms. The van der Waals surface area contributed by atoms with Crippen LogP contribution in [0.5, 0.6) is 5.75 Å². The molecule has 1 aliphatic carbocycles. The SMILES string of the molecule is CCc1cccc(CC)c1NC(=O)c1cn(C)c2c1CCCc1cnc(Nc3cccc(N4CCC(N5CCCC5)CC4)c3OC)nc1-2. The number of rotatable bonds is 9. The van der Waals surface area contributed by atoms with E-state index in [4.69, 9.17) is 14.7 Å². The van der Waals surface area contributed by atoms with Crippen molar-refractivity contribution in [2.45, 2.75) is 77.7 Å². The lowest BCUT2D eigenvalue weighted by Crippen LogP contribution is -2.44. The van der Waals surface area contributed by atoms with Crippen molar-refractivity contribution in [3.63, 3.8) is 0 Å². The highest BCUT2D eigenvalue weighted by atomic mass is 16.5. The first-order valence-corrected chi connectivity index (χ1v) is 17.9. The predicted octanol–water partition coefficient (Wildman–Crippen LogP) is 7.16. The highest BCUT2D eigenvalue weighted by molar-refractivity contribution is 6.07. The number of likely N-dealkylation sites (tertiary alicyclic amines) is 1. The number of hydrogen-bond donors (Lipinski definition) is 2. The third kappa shape index (κ3) is 6.16. The molecule has 0 bridgehead atoms. The lowest BCUT2D eigenvalue weighted by atomic mass is 10.0. The molecule has 9 heteroatoms. The molecule has 252 valence electrons. The van der Waals surface area contributed by atoms with Gasteiger partial charge < -0.3 is 29.7 Å². The van der Waals surface area contributed by atoms with Crippen molar-refractivity contribution in [1.29, 1.82) is 0 Å². The zero-order chi connectivity index (χ0) is 33.2. The summed E-state index contributed by atoms with van der Waals surface area (Å²) in [7, 11) is 3.75. The number of hydrogen-bond acceptors (Lipinski definition) is 7. The van der Waals surface area contributed by atoms with Crippen LogP contribution >= 0.6 is 0 Å². The number of methoxy groups -OCH3 is 1. The Balaban J connectivity index is 1.15. The Kier molecular flexibility index (Phi) is 9.39. The number of piperidine rings is 1. The molecular formula is C39H49N7O2. The minimum absolute atomic E-state index is 0.0654. The molecule has 7 rings (SSSR count). The van der Waals surface area contributed by atoms with E-state index in [-0.39, 0.29) is 5.91 Å². The minimum atomic E-state index is -0.0654. The number of carbonyl (C=O) groups is 1. The van der Waals surface area contributed by atoms with Crippen molar-refractivity contribution in [3.05, 3.63) is 76.6 Å². The van der Waals surface area contributed by atoms with Crippen molar-refractivity contribution >= 4 is 28.9 Å². The highest BCUT2D eigenvalue weighted by Crippen LogP contribution is 2.40. The maximum Gasteiger partial charge on any atom is 0.257 e. The topological polar surface area (TPSA) is 87.6 Å². The maximum absolute atomic E-state index is 13.9. The first-order valence-electron chi connectivity index (χ1n) is 17.9. The number of aromatic nitrogens is 3. The first kappa shape index (κ1) is 32.2. The van der Waals surface area contributed by atoms with E-state index < -0.39 is 0 Å². The van der Waals surface area contributed by atoms with E-state index >= 15 is 0 Å². The molecule has 2 aromatic carbocycles. The van der Waals surface area contributed by atoms with Gasteiger partial charge in [0.25, 0.3) is 5.91 Å². The monoisotopic (exact) mass is 647 g/mol. The van der Waals surface area contributed by atoms with Crippen LogP contribution in [0.2, 0.25) is 0 Å². The van der Waals surface area contributed by atoms with Gasteiger partial charge in [-0.2, -0.15) is 0 Å². The first-order chi connectivity index (χ1) is 23.5. The van der Waals surface area contributed by atoms with Gasteiger partial charge in [0.2, 0.25) is 5.95 Å². The Morgan fingerprint density at radius 1 is 0.958 bits per heavy atom. The number of carbonyl (C=O) groups excluding carboxylic acids is 1. The Morgan fingerprint density at radius 2 is 1.69 bits per heavy atom. The zero-order valence-corrected chi connectivity index (χ0v) is 28.9. The van der Waals surface area contributed by atoms with Crippen molar-refractivity contribution in [2.75, 3.05) is 48.8 Å². The van der Waals surface area contributed by atoms with Gasteiger partial charge in [-0.3, -0.25) is 4.79 Å². The summed E-state index contributed by atoms with van der Waals surface area (Å²) in [6, 6.07) is 13.2. The zero-order valence-electron chi connectivity index (χ0n) is 28.9. The third-order valence-electron chi connectivity index (χ3n) is 10.6. The molecule has 0 unspecified atom stereocenters. The molecule has 2 N–H and O–H groups in total. The number of nitrogens with one attached hydrogen (secondary N) is 2. The Hall–Kier alpha value is -4.37. The maximum atomic E-state index is 13.9. The molecule has 1 amide bonds. The molecule has 4 aromatic rings. The normalized spacial score (nSPS) is 16.7. The van der Waals surface area contributed by atoms with Crippen LogP contribution in [0.15, 0.2) is 48.8 Å². The number of nitrogens with zero attached hydrogens (tertiary/aromatic N) is 5. The summed E-state index contributed by atoms with van der Waals surface area (Å²) in [5, 5.41) is 6.79.